The molecule has 1 aromatic rings. The topological polar surface area (TPSA) is 70.7 Å². The standard InChI is InChI=1S/C19H29N3O3/c1-25-15-19(24)22-12-6-5-10-20-17(16-8-3-2-4-9-16)14-18(23)21-11-7-13-22/h2-4,8-9,17,20H,5-7,10-15H2,1H3,(H,21,23). The number of ether oxygens (including phenoxy) is 1. The van der Waals surface area contributed by atoms with Gasteiger partial charge in [-0.05, 0) is 31.4 Å². The Balaban J connectivity index is 1.96. The number of methoxy groups -OCH3 is 1. The molecule has 138 valence electrons. The van der Waals surface area contributed by atoms with Crippen LogP contribution in [0.4, 0.5) is 0 Å². The lowest BCUT2D eigenvalue weighted by molar-refractivity contribution is -0.135. The average molecular weight is 347 g/mol. The summed E-state index contributed by atoms with van der Waals surface area (Å²) in [5.74, 6) is 0.0502. The van der Waals surface area contributed by atoms with E-state index in [1.54, 1.807) is 0 Å². The Morgan fingerprint density at radius 1 is 1.16 bits per heavy atom. The van der Waals surface area contributed by atoms with Gasteiger partial charge in [0.2, 0.25) is 11.8 Å². The van der Waals surface area contributed by atoms with Gasteiger partial charge in [-0.2, -0.15) is 0 Å². The van der Waals surface area contributed by atoms with Gasteiger partial charge in [-0.25, -0.2) is 0 Å². The summed E-state index contributed by atoms with van der Waals surface area (Å²) in [6, 6.07) is 10.1. The summed E-state index contributed by atoms with van der Waals surface area (Å²) in [7, 11) is 1.53. The van der Waals surface area contributed by atoms with Crippen LogP contribution in [0.25, 0.3) is 0 Å². The molecule has 2 N–H and O–H groups in total. The molecular weight excluding hydrogens is 318 g/mol. The van der Waals surface area contributed by atoms with Crippen LogP contribution < -0.4 is 10.6 Å². The molecule has 0 aliphatic carbocycles. The summed E-state index contributed by atoms with van der Waals surface area (Å²) in [6.07, 6.45) is 3.08. The Morgan fingerprint density at radius 3 is 2.68 bits per heavy atom. The molecule has 1 saturated heterocycles. The minimum Gasteiger partial charge on any atom is -0.375 e. The zero-order valence-corrected chi connectivity index (χ0v) is 15.0. The molecule has 1 heterocycles. The molecule has 0 radical (unpaired) electrons. The van der Waals surface area contributed by atoms with Crippen LogP contribution in [0.3, 0.4) is 0 Å². The van der Waals surface area contributed by atoms with Crippen molar-refractivity contribution in [2.75, 3.05) is 39.9 Å². The first-order valence-electron chi connectivity index (χ1n) is 9.02. The van der Waals surface area contributed by atoms with Gasteiger partial charge >= 0.3 is 0 Å². The molecule has 1 fully saturated rings. The number of hydrogen-bond acceptors (Lipinski definition) is 4. The third-order valence-corrected chi connectivity index (χ3v) is 4.38. The second-order valence-electron chi connectivity index (χ2n) is 6.35. The van der Waals surface area contributed by atoms with Gasteiger partial charge in [-0.1, -0.05) is 30.3 Å². The van der Waals surface area contributed by atoms with E-state index in [0.717, 1.165) is 37.9 Å². The highest BCUT2D eigenvalue weighted by atomic mass is 16.5. The third kappa shape index (κ3) is 6.84. The van der Waals surface area contributed by atoms with Gasteiger partial charge < -0.3 is 20.3 Å². The summed E-state index contributed by atoms with van der Waals surface area (Å²) < 4.78 is 4.96. The zero-order valence-electron chi connectivity index (χ0n) is 15.0. The fraction of sp³-hybridized carbons (Fsp3) is 0.579. The lowest BCUT2D eigenvalue weighted by atomic mass is 10.0. The van der Waals surface area contributed by atoms with Crippen molar-refractivity contribution in [2.45, 2.75) is 31.7 Å². The number of hydrogen-bond donors (Lipinski definition) is 2. The van der Waals surface area contributed by atoms with Crippen molar-refractivity contribution in [2.24, 2.45) is 0 Å². The largest absolute Gasteiger partial charge is 0.375 e. The van der Waals surface area contributed by atoms with Gasteiger partial charge in [0, 0.05) is 39.2 Å². The monoisotopic (exact) mass is 347 g/mol. The second kappa shape index (κ2) is 10.8. The van der Waals surface area contributed by atoms with Crippen LogP contribution in [0.15, 0.2) is 30.3 Å². The Bertz CT molecular complexity index is 536. The van der Waals surface area contributed by atoms with Gasteiger partial charge in [0.25, 0.3) is 0 Å². The lowest BCUT2D eigenvalue weighted by Gasteiger charge is -2.22. The van der Waals surface area contributed by atoms with Crippen LogP contribution in [-0.2, 0) is 14.3 Å². The maximum Gasteiger partial charge on any atom is 0.248 e. The average Bonchev–Trinajstić information content (AvgIpc) is 2.64. The van der Waals surface area contributed by atoms with E-state index in [1.165, 1.54) is 7.11 Å². The minimum absolute atomic E-state index is 0.0128. The molecule has 6 nitrogen and oxygen atoms in total. The summed E-state index contributed by atoms with van der Waals surface area (Å²) in [5, 5.41) is 6.45. The van der Waals surface area contributed by atoms with Crippen LogP contribution in [0.2, 0.25) is 0 Å². The minimum atomic E-state index is 0.0128. The highest BCUT2D eigenvalue weighted by Crippen LogP contribution is 2.16. The quantitative estimate of drug-likeness (QED) is 0.869. The predicted octanol–water partition coefficient (Wildman–Crippen LogP) is 1.48. The predicted molar refractivity (Wildman–Crippen MR) is 97.1 cm³/mol. The number of carbonyl (C=O) groups excluding carboxylic acids is 2. The van der Waals surface area contributed by atoms with Crippen molar-refractivity contribution in [3.63, 3.8) is 0 Å². The summed E-state index contributed by atoms with van der Waals surface area (Å²) in [6.45, 7) is 2.89. The molecule has 1 aliphatic rings. The van der Waals surface area contributed by atoms with E-state index in [9.17, 15) is 9.59 Å². The Labute approximate surface area is 149 Å². The first kappa shape index (κ1) is 19.4. The molecule has 2 rings (SSSR count). The van der Waals surface area contributed by atoms with Crippen molar-refractivity contribution >= 4 is 11.8 Å². The van der Waals surface area contributed by atoms with Gasteiger partial charge in [-0.3, -0.25) is 9.59 Å². The number of carbonyl (C=O) groups is 2. The molecule has 0 saturated carbocycles. The number of nitrogens with one attached hydrogen (secondary N) is 2. The SMILES string of the molecule is COCC(=O)N1CCCCNC(c2ccccc2)CC(=O)NCCC1. The van der Waals surface area contributed by atoms with E-state index in [4.69, 9.17) is 4.74 Å². The molecule has 0 aromatic heterocycles. The molecule has 1 unspecified atom stereocenters. The van der Waals surface area contributed by atoms with E-state index in [-0.39, 0.29) is 24.5 Å². The van der Waals surface area contributed by atoms with Crippen LogP contribution in [0.1, 0.15) is 37.3 Å². The van der Waals surface area contributed by atoms with Gasteiger partial charge in [-0.15, -0.1) is 0 Å². The van der Waals surface area contributed by atoms with E-state index in [0.29, 0.717) is 19.5 Å². The van der Waals surface area contributed by atoms with Crippen molar-refractivity contribution in [1.82, 2.24) is 15.5 Å². The van der Waals surface area contributed by atoms with Crippen molar-refractivity contribution in [3.05, 3.63) is 35.9 Å². The lowest BCUT2D eigenvalue weighted by Crippen LogP contribution is -2.37. The second-order valence-corrected chi connectivity index (χ2v) is 6.35. The number of benzene rings is 1. The van der Waals surface area contributed by atoms with Crippen LogP contribution in [0, 0.1) is 0 Å². The van der Waals surface area contributed by atoms with E-state index < -0.39 is 0 Å². The van der Waals surface area contributed by atoms with Gasteiger partial charge in [0.05, 0.1) is 0 Å². The number of rotatable bonds is 3. The van der Waals surface area contributed by atoms with Crippen molar-refractivity contribution in [1.29, 1.82) is 0 Å². The number of nitrogens with zero attached hydrogens (tertiary/aromatic N) is 1. The molecule has 1 aliphatic heterocycles. The summed E-state index contributed by atoms with van der Waals surface area (Å²) in [5.41, 5.74) is 1.13. The van der Waals surface area contributed by atoms with Crippen molar-refractivity contribution in [3.8, 4) is 0 Å². The first-order chi connectivity index (χ1) is 12.2. The molecule has 6 heteroatoms. The first-order valence-corrected chi connectivity index (χ1v) is 9.02. The molecule has 1 atom stereocenters. The van der Waals surface area contributed by atoms with E-state index >= 15 is 0 Å². The number of amides is 2. The molecule has 1 aromatic carbocycles. The molecule has 25 heavy (non-hydrogen) atoms. The van der Waals surface area contributed by atoms with Crippen LogP contribution in [0.5, 0.6) is 0 Å². The highest BCUT2D eigenvalue weighted by molar-refractivity contribution is 5.77. The molecular formula is C19H29N3O3. The molecule has 2 amide bonds. The van der Waals surface area contributed by atoms with E-state index in [2.05, 4.69) is 10.6 Å². The highest BCUT2D eigenvalue weighted by Gasteiger charge is 2.17. The van der Waals surface area contributed by atoms with Gasteiger partial charge in [0.15, 0.2) is 0 Å². The van der Waals surface area contributed by atoms with Crippen LogP contribution >= 0.6 is 0 Å². The third-order valence-electron chi connectivity index (χ3n) is 4.38. The summed E-state index contributed by atoms with van der Waals surface area (Å²) in [4.78, 5) is 26.2. The maximum atomic E-state index is 12.2. The Morgan fingerprint density at radius 2 is 1.92 bits per heavy atom. The summed E-state index contributed by atoms with van der Waals surface area (Å²) >= 11 is 0. The Kier molecular flexibility index (Phi) is 8.42. The zero-order chi connectivity index (χ0) is 17.9. The maximum absolute atomic E-state index is 12.2. The fourth-order valence-electron chi connectivity index (χ4n) is 3.03. The van der Waals surface area contributed by atoms with E-state index in [1.807, 2.05) is 35.2 Å². The van der Waals surface area contributed by atoms with Gasteiger partial charge in [0.1, 0.15) is 6.61 Å². The molecule has 0 spiro atoms. The van der Waals surface area contributed by atoms with Crippen LogP contribution in [-0.4, -0.2) is 56.6 Å². The fourth-order valence-corrected chi connectivity index (χ4v) is 3.03. The van der Waals surface area contributed by atoms with Crippen molar-refractivity contribution < 1.29 is 14.3 Å². The normalized spacial score (nSPS) is 20.8. The smallest absolute Gasteiger partial charge is 0.248 e. The molecule has 0 bridgehead atoms. The Hall–Kier alpha value is -1.92.